The number of ether oxygens (including phenoxy) is 1. The van der Waals surface area contributed by atoms with Crippen LogP contribution < -0.4 is 4.74 Å². The molecule has 0 saturated carbocycles. The van der Waals surface area contributed by atoms with Gasteiger partial charge < -0.3 is 0 Å². The van der Waals surface area contributed by atoms with Crippen LogP contribution in [0.1, 0.15) is 58.5 Å². The number of hydrogen-bond acceptors (Lipinski definition) is 3. The van der Waals surface area contributed by atoms with Crippen LogP contribution >= 0.6 is 0 Å². The molecule has 340 valence electrons. The molecule has 15 rings (SSSR count). The van der Waals surface area contributed by atoms with Gasteiger partial charge in [0.25, 0.3) is 0 Å². The van der Waals surface area contributed by atoms with Crippen molar-refractivity contribution in [2.45, 2.75) is 58.8 Å². The number of aryl methyl sites for hydroxylation is 4. The Morgan fingerprint density at radius 3 is 2.00 bits per heavy atom. The summed E-state index contributed by atoms with van der Waals surface area (Å²) >= 11 is 2.51. The summed E-state index contributed by atoms with van der Waals surface area (Å²) < 4.78 is 15.1. The molecule has 4 aliphatic rings. The summed E-state index contributed by atoms with van der Waals surface area (Å²) in [6.45, 7) is 9.20. The van der Waals surface area contributed by atoms with Crippen LogP contribution in [0.5, 0.6) is 11.5 Å². The molecule has 6 aromatic carbocycles. The minimum atomic E-state index is -0.343. The second-order valence-corrected chi connectivity index (χ2v) is 20.0. The summed E-state index contributed by atoms with van der Waals surface area (Å²) in [7, 11) is 0. The number of hydrogen-bond donors (Lipinski definition) is 0. The third-order valence-corrected chi connectivity index (χ3v) is 15.7. The first kappa shape index (κ1) is 42.9. The van der Waals surface area contributed by atoms with Gasteiger partial charge in [0.05, 0.1) is 5.69 Å². The van der Waals surface area contributed by atoms with Gasteiger partial charge in [0, 0.05) is 22.7 Å². The molecule has 0 unspecified atom stereocenters. The van der Waals surface area contributed by atoms with Gasteiger partial charge in [-0.25, -0.2) is 0 Å². The molecule has 7 heterocycles. The molecular weight excluding hydrogens is 1030 g/mol. The van der Waals surface area contributed by atoms with Crippen LogP contribution in [-0.4, -0.2) is 23.5 Å². The van der Waals surface area contributed by atoms with Crippen molar-refractivity contribution in [1.82, 2.24) is 23.5 Å². The van der Waals surface area contributed by atoms with Crippen LogP contribution in [0.25, 0.3) is 61.3 Å². The Labute approximate surface area is 413 Å². The molecule has 0 N–H and O–H groups in total. The Morgan fingerprint density at radius 2 is 1.25 bits per heavy atom. The standard InChI is InChI=1S/C62H51N5O.Pt/c1-41-42(2)44-24-23-43(41)25-26-47-28-30-49(29-27-44)66-40-65(39-59(47)66)50-21-14-22-51(35-50)68-52-31-32-53-58(36-52)67(57-34-33-56(64-61(53)57)46-17-10-6-11-18-46)60-37-55(62(3,4)48-19-12-7-13-20-48)54(38-63-60)45-15-8-5-9-16-45;/h5-24,28,30-39H,25-27,29H2,1-4H3;. The summed E-state index contributed by atoms with van der Waals surface area (Å²) in [6, 6.07) is 62.6. The predicted octanol–water partition coefficient (Wildman–Crippen LogP) is 14.6. The van der Waals surface area contributed by atoms with Gasteiger partial charge in [0.15, 0.2) is 0 Å². The van der Waals surface area contributed by atoms with E-state index >= 15 is 0 Å². The second-order valence-electron chi connectivity index (χ2n) is 18.9. The van der Waals surface area contributed by atoms with E-state index in [1.54, 1.807) is 0 Å². The van der Waals surface area contributed by atoms with Gasteiger partial charge in [-0.15, -0.1) is 0 Å². The molecule has 0 atom stereocenters. The molecule has 0 spiro atoms. The number of rotatable bonds is 8. The Morgan fingerprint density at radius 1 is 0.580 bits per heavy atom. The molecule has 0 amide bonds. The molecule has 69 heavy (non-hydrogen) atoms. The molecule has 0 radical (unpaired) electrons. The molecule has 11 aromatic rings. The van der Waals surface area contributed by atoms with Crippen LogP contribution in [0.15, 0.2) is 188 Å². The zero-order valence-electron chi connectivity index (χ0n) is 39.2. The molecule has 0 saturated heterocycles. The van der Waals surface area contributed by atoms with E-state index in [0.29, 0.717) is 0 Å². The van der Waals surface area contributed by atoms with E-state index < -0.39 is 0 Å². The summed E-state index contributed by atoms with van der Waals surface area (Å²) in [5.41, 5.74) is 19.9. The van der Waals surface area contributed by atoms with Crippen molar-refractivity contribution in [1.29, 1.82) is 0 Å². The molecular formula is C62H51N5OPt. The van der Waals surface area contributed by atoms with Gasteiger partial charge in [0.1, 0.15) is 0 Å². The van der Waals surface area contributed by atoms with Crippen molar-refractivity contribution in [3.05, 3.63) is 237 Å². The maximum atomic E-state index is 6.87. The van der Waals surface area contributed by atoms with Gasteiger partial charge in [-0.1, -0.05) is 105 Å². The van der Waals surface area contributed by atoms with Crippen LogP contribution in [0.2, 0.25) is 0 Å². The predicted molar refractivity (Wildman–Crippen MR) is 277 cm³/mol. The molecule has 6 nitrogen and oxygen atoms in total. The van der Waals surface area contributed by atoms with Crippen molar-refractivity contribution in [3.63, 3.8) is 0 Å². The first-order valence-corrected chi connectivity index (χ1v) is 25.0. The number of imidazole rings is 1. The molecule has 2 aliphatic carbocycles. The van der Waals surface area contributed by atoms with E-state index in [9.17, 15) is 0 Å². The van der Waals surface area contributed by atoms with Crippen molar-refractivity contribution >= 4 is 27.5 Å². The third kappa shape index (κ3) is 7.59. The maximum absolute atomic E-state index is 6.87. The monoisotopic (exact) mass is 1080 g/mol. The van der Waals surface area contributed by atoms with Crippen molar-refractivity contribution in [2.75, 3.05) is 0 Å². The zero-order chi connectivity index (χ0) is 46.8. The summed E-state index contributed by atoms with van der Waals surface area (Å²) in [5.74, 6) is 2.30. The minimum absolute atomic E-state index is 0.343. The first-order chi connectivity index (χ1) is 33.7. The summed E-state index contributed by atoms with van der Waals surface area (Å²) in [4.78, 5) is 10.6. The van der Waals surface area contributed by atoms with Crippen LogP contribution in [-0.2, 0) is 50.5 Å². The second kappa shape index (κ2) is 17.3. The van der Waals surface area contributed by atoms with E-state index in [1.807, 2.05) is 18.3 Å². The molecule has 0 fully saturated rings. The first-order valence-electron chi connectivity index (χ1n) is 23.9. The van der Waals surface area contributed by atoms with Gasteiger partial charge in [-0.2, -0.15) is 0 Å². The van der Waals surface area contributed by atoms with E-state index in [0.717, 1.165) is 96.8 Å². The SMILES string of the molecule is Cc1c2ccc(c1C)CCc1ccc(c3cn(-c4cccc(Oc5ccc6c7nc(-c8ccccc8)ccc7n(-c7cc(C(C)(C)c8ccccc8)c(-c8ccccc8)cn7)c6c5)c4)[c](=[Pt])n13)CC2. The number of nitrogens with zero attached hydrogens (tertiary/aromatic N) is 5. The van der Waals surface area contributed by atoms with Gasteiger partial charge in [-0.05, 0) is 22.8 Å². The molecule has 7 heteroatoms. The summed E-state index contributed by atoms with van der Waals surface area (Å²) in [6.07, 6.45) is 8.33. The van der Waals surface area contributed by atoms with E-state index in [2.05, 4.69) is 231 Å². The van der Waals surface area contributed by atoms with Crippen molar-refractivity contribution in [2.24, 2.45) is 0 Å². The quantitative estimate of drug-likeness (QED) is 0.152. The normalized spacial score (nSPS) is 12.8. The topological polar surface area (TPSA) is 49.3 Å². The van der Waals surface area contributed by atoms with Crippen LogP contribution in [0, 0.1) is 17.7 Å². The Balaban J connectivity index is 0.969. The van der Waals surface area contributed by atoms with E-state index in [-0.39, 0.29) is 5.41 Å². The Bertz CT molecular complexity index is 3830. The van der Waals surface area contributed by atoms with Crippen molar-refractivity contribution < 1.29 is 24.1 Å². The van der Waals surface area contributed by atoms with Gasteiger partial charge >= 0.3 is 260 Å². The molecule has 4 bridgehead atoms. The van der Waals surface area contributed by atoms with Gasteiger partial charge in [0.2, 0.25) is 0 Å². The average molecular weight is 1080 g/mol. The molecule has 5 aromatic heterocycles. The van der Waals surface area contributed by atoms with Crippen LogP contribution in [0.4, 0.5) is 0 Å². The molecule has 2 aliphatic heterocycles. The van der Waals surface area contributed by atoms with Crippen LogP contribution in [0.3, 0.4) is 0 Å². The summed E-state index contributed by atoms with van der Waals surface area (Å²) in [5, 5.41) is 1.02. The fraction of sp³-hybridized carbons (Fsp3) is 0.145. The van der Waals surface area contributed by atoms with E-state index in [1.165, 1.54) is 50.2 Å². The zero-order valence-corrected chi connectivity index (χ0v) is 41.5. The third-order valence-electron chi connectivity index (χ3n) is 14.6. The Kier molecular flexibility index (Phi) is 10.7. The number of benzene rings is 6. The number of pyridine rings is 3. The van der Waals surface area contributed by atoms with Gasteiger partial charge in [-0.3, -0.25) is 0 Å². The van der Waals surface area contributed by atoms with Crippen molar-refractivity contribution in [3.8, 4) is 45.4 Å². The number of fused-ring (bicyclic) bond motifs is 3. The fourth-order valence-corrected chi connectivity index (χ4v) is 11.6. The average Bonchev–Trinajstić information content (AvgIpc) is 3.91. The fourth-order valence-electron chi connectivity index (χ4n) is 10.6. The Hall–Kier alpha value is -7.40. The number of aromatic nitrogens is 5. The van der Waals surface area contributed by atoms with E-state index in [4.69, 9.17) is 14.7 Å².